The standard InChI is InChI=1S/C14H22N2O2/c1-16(10-12-2-4-13(15)5-3-12)11-14(17)6-8-18-9-7-14/h2-5,17H,6-11,15H2,1H3. The number of nitrogen functional groups attached to an aromatic ring is 1. The number of benzene rings is 1. The number of ether oxygens (including phenoxy) is 1. The summed E-state index contributed by atoms with van der Waals surface area (Å²) in [5, 5.41) is 10.4. The second-order valence-electron chi connectivity index (χ2n) is 5.25. The van der Waals surface area contributed by atoms with Crippen LogP contribution in [0.5, 0.6) is 0 Å². The van der Waals surface area contributed by atoms with Gasteiger partial charge in [-0.1, -0.05) is 12.1 Å². The van der Waals surface area contributed by atoms with Crippen LogP contribution < -0.4 is 5.73 Å². The number of aliphatic hydroxyl groups is 1. The molecule has 1 saturated heterocycles. The minimum absolute atomic E-state index is 0.596. The molecule has 100 valence electrons. The maximum Gasteiger partial charge on any atom is 0.0817 e. The number of nitrogens with two attached hydrogens (primary N) is 1. The molecular formula is C14H22N2O2. The largest absolute Gasteiger partial charge is 0.399 e. The minimum atomic E-state index is -0.596. The maximum absolute atomic E-state index is 10.4. The molecule has 1 heterocycles. The van der Waals surface area contributed by atoms with Crippen LogP contribution in [-0.4, -0.2) is 42.4 Å². The van der Waals surface area contributed by atoms with Crippen LogP contribution in [0.4, 0.5) is 5.69 Å². The smallest absolute Gasteiger partial charge is 0.0817 e. The molecule has 0 atom stereocenters. The lowest BCUT2D eigenvalue weighted by molar-refractivity contribution is -0.0777. The van der Waals surface area contributed by atoms with E-state index in [-0.39, 0.29) is 0 Å². The molecule has 2 rings (SSSR count). The topological polar surface area (TPSA) is 58.7 Å². The summed E-state index contributed by atoms with van der Waals surface area (Å²) in [6.45, 7) is 2.82. The quantitative estimate of drug-likeness (QED) is 0.789. The van der Waals surface area contributed by atoms with Crippen molar-refractivity contribution >= 4 is 5.69 Å². The summed E-state index contributed by atoms with van der Waals surface area (Å²) in [7, 11) is 2.03. The van der Waals surface area contributed by atoms with Crippen molar-refractivity contribution in [2.24, 2.45) is 0 Å². The number of anilines is 1. The predicted octanol–water partition coefficient (Wildman–Crippen LogP) is 1.24. The van der Waals surface area contributed by atoms with Crippen LogP contribution in [0.25, 0.3) is 0 Å². The highest BCUT2D eigenvalue weighted by Gasteiger charge is 2.30. The van der Waals surface area contributed by atoms with Crippen molar-refractivity contribution in [1.82, 2.24) is 4.90 Å². The van der Waals surface area contributed by atoms with Gasteiger partial charge in [-0.2, -0.15) is 0 Å². The molecule has 0 amide bonds. The lowest BCUT2D eigenvalue weighted by Crippen LogP contribution is -2.45. The van der Waals surface area contributed by atoms with Gasteiger partial charge >= 0.3 is 0 Å². The number of rotatable bonds is 4. The Morgan fingerprint density at radius 3 is 2.50 bits per heavy atom. The summed E-state index contributed by atoms with van der Waals surface area (Å²) < 4.78 is 5.29. The molecule has 1 aromatic rings. The summed E-state index contributed by atoms with van der Waals surface area (Å²) in [5.74, 6) is 0. The average Bonchev–Trinajstić information content (AvgIpc) is 2.32. The van der Waals surface area contributed by atoms with Crippen molar-refractivity contribution in [2.75, 3.05) is 32.5 Å². The number of hydrogen-bond acceptors (Lipinski definition) is 4. The van der Waals surface area contributed by atoms with E-state index in [4.69, 9.17) is 10.5 Å². The van der Waals surface area contributed by atoms with Gasteiger partial charge in [-0.15, -0.1) is 0 Å². The Labute approximate surface area is 108 Å². The molecule has 0 bridgehead atoms. The van der Waals surface area contributed by atoms with E-state index in [1.165, 1.54) is 5.56 Å². The molecule has 1 aliphatic heterocycles. The molecule has 18 heavy (non-hydrogen) atoms. The van der Waals surface area contributed by atoms with Gasteiger partial charge in [0.1, 0.15) is 0 Å². The SMILES string of the molecule is CN(Cc1ccc(N)cc1)CC1(O)CCOCC1. The van der Waals surface area contributed by atoms with Crippen LogP contribution in [0, 0.1) is 0 Å². The fraction of sp³-hybridized carbons (Fsp3) is 0.571. The van der Waals surface area contributed by atoms with Crippen LogP contribution in [0.3, 0.4) is 0 Å². The predicted molar refractivity (Wildman–Crippen MR) is 72.2 cm³/mol. The molecule has 1 aliphatic rings. The minimum Gasteiger partial charge on any atom is -0.399 e. The van der Waals surface area contributed by atoms with Crippen molar-refractivity contribution < 1.29 is 9.84 Å². The Morgan fingerprint density at radius 1 is 1.28 bits per heavy atom. The zero-order valence-corrected chi connectivity index (χ0v) is 10.9. The molecular weight excluding hydrogens is 228 g/mol. The second-order valence-corrected chi connectivity index (χ2v) is 5.25. The maximum atomic E-state index is 10.4. The van der Waals surface area contributed by atoms with E-state index in [0.717, 1.165) is 25.1 Å². The van der Waals surface area contributed by atoms with Gasteiger partial charge in [0.2, 0.25) is 0 Å². The summed E-state index contributed by atoms with van der Waals surface area (Å²) in [4.78, 5) is 2.15. The van der Waals surface area contributed by atoms with Gasteiger partial charge in [-0.05, 0) is 24.7 Å². The molecule has 0 aromatic heterocycles. The molecule has 4 heteroatoms. The Kier molecular flexibility index (Phi) is 4.22. The first-order chi connectivity index (χ1) is 8.57. The number of likely N-dealkylation sites (N-methyl/N-ethyl adjacent to an activating group) is 1. The highest BCUT2D eigenvalue weighted by atomic mass is 16.5. The molecule has 0 saturated carbocycles. The van der Waals surface area contributed by atoms with Gasteiger partial charge in [0.15, 0.2) is 0 Å². The van der Waals surface area contributed by atoms with Gasteiger partial charge in [-0.25, -0.2) is 0 Å². The number of hydrogen-bond donors (Lipinski definition) is 2. The third-order valence-corrected chi connectivity index (χ3v) is 3.42. The van der Waals surface area contributed by atoms with Crippen molar-refractivity contribution in [3.63, 3.8) is 0 Å². The van der Waals surface area contributed by atoms with Crippen LogP contribution in [0.1, 0.15) is 18.4 Å². The van der Waals surface area contributed by atoms with Crippen molar-refractivity contribution in [2.45, 2.75) is 25.0 Å². The molecule has 1 aromatic carbocycles. The zero-order valence-electron chi connectivity index (χ0n) is 10.9. The van der Waals surface area contributed by atoms with E-state index in [2.05, 4.69) is 4.90 Å². The normalized spacial score (nSPS) is 19.1. The van der Waals surface area contributed by atoms with Gasteiger partial charge < -0.3 is 15.6 Å². The second kappa shape index (κ2) is 5.69. The van der Waals surface area contributed by atoms with Gasteiger partial charge in [0.05, 0.1) is 5.60 Å². The summed E-state index contributed by atoms with van der Waals surface area (Å²) in [6, 6.07) is 7.87. The lowest BCUT2D eigenvalue weighted by atomic mass is 9.94. The first-order valence-corrected chi connectivity index (χ1v) is 6.40. The Hall–Kier alpha value is -1.10. The Morgan fingerprint density at radius 2 is 1.89 bits per heavy atom. The van der Waals surface area contributed by atoms with Crippen molar-refractivity contribution in [1.29, 1.82) is 0 Å². The Bertz CT molecular complexity index is 372. The molecule has 1 fully saturated rings. The summed E-state index contributed by atoms with van der Waals surface area (Å²) in [5.41, 5.74) is 7.06. The average molecular weight is 250 g/mol. The highest BCUT2D eigenvalue weighted by Crippen LogP contribution is 2.22. The van der Waals surface area contributed by atoms with Gasteiger partial charge in [-0.3, -0.25) is 4.90 Å². The fourth-order valence-electron chi connectivity index (χ4n) is 2.40. The molecule has 0 aliphatic carbocycles. The van der Waals surface area contributed by atoms with Crippen LogP contribution in [0.2, 0.25) is 0 Å². The van der Waals surface area contributed by atoms with Crippen LogP contribution >= 0.6 is 0 Å². The van der Waals surface area contributed by atoms with E-state index < -0.39 is 5.60 Å². The number of nitrogens with zero attached hydrogens (tertiary/aromatic N) is 1. The molecule has 0 unspecified atom stereocenters. The monoisotopic (exact) mass is 250 g/mol. The molecule has 4 nitrogen and oxygen atoms in total. The molecule has 0 radical (unpaired) electrons. The first-order valence-electron chi connectivity index (χ1n) is 6.40. The first kappa shape index (κ1) is 13.3. The fourth-order valence-corrected chi connectivity index (χ4v) is 2.40. The highest BCUT2D eigenvalue weighted by molar-refractivity contribution is 5.39. The Balaban J connectivity index is 1.87. The van der Waals surface area contributed by atoms with Crippen molar-refractivity contribution in [3.05, 3.63) is 29.8 Å². The van der Waals surface area contributed by atoms with Crippen LogP contribution in [0.15, 0.2) is 24.3 Å². The summed E-state index contributed by atoms with van der Waals surface area (Å²) in [6.07, 6.45) is 1.44. The molecule has 3 N–H and O–H groups in total. The van der Waals surface area contributed by atoms with Gasteiger partial charge in [0.25, 0.3) is 0 Å². The van der Waals surface area contributed by atoms with E-state index in [9.17, 15) is 5.11 Å². The van der Waals surface area contributed by atoms with Gasteiger partial charge in [0, 0.05) is 44.8 Å². The van der Waals surface area contributed by atoms with Crippen LogP contribution in [-0.2, 0) is 11.3 Å². The van der Waals surface area contributed by atoms with Crippen molar-refractivity contribution in [3.8, 4) is 0 Å². The van der Waals surface area contributed by atoms with E-state index >= 15 is 0 Å². The van der Waals surface area contributed by atoms with E-state index in [1.54, 1.807) is 0 Å². The molecule has 0 spiro atoms. The van der Waals surface area contributed by atoms with E-state index in [0.29, 0.717) is 19.8 Å². The van der Waals surface area contributed by atoms with E-state index in [1.807, 2.05) is 31.3 Å². The lowest BCUT2D eigenvalue weighted by Gasteiger charge is -2.35. The zero-order chi connectivity index (χ0) is 13.0. The third-order valence-electron chi connectivity index (χ3n) is 3.42. The third kappa shape index (κ3) is 3.70. The summed E-state index contributed by atoms with van der Waals surface area (Å²) >= 11 is 0.